The molecule has 7 heteroatoms. The number of aromatic nitrogens is 3. The maximum atomic E-state index is 5.51. The van der Waals surface area contributed by atoms with Gasteiger partial charge in [-0.3, -0.25) is 0 Å². The number of ether oxygens (including phenoxy) is 1. The second kappa shape index (κ2) is 8.11. The van der Waals surface area contributed by atoms with Gasteiger partial charge in [-0.2, -0.15) is 4.37 Å². The van der Waals surface area contributed by atoms with Gasteiger partial charge in [-0.05, 0) is 37.2 Å². The molecule has 2 saturated heterocycles. The molecule has 2 aromatic heterocycles. The number of rotatable bonds is 4. The molecule has 1 N–H and O–H groups in total. The minimum atomic E-state index is 0.455. The van der Waals surface area contributed by atoms with Crippen molar-refractivity contribution in [2.24, 2.45) is 0 Å². The second-order valence-electron chi connectivity index (χ2n) is 7.60. The van der Waals surface area contributed by atoms with Gasteiger partial charge in [0.05, 0.1) is 0 Å². The summed E-state index contributed by atoms with van der Waals surface area (Å²) in [5, 5.41) is 3.68. The zero-order valence-electron chi connectivity index (χ0n) is 15.9. The highest BCUT2D eigenvalue weighted by molar-refractivity contribution is 7.14. The van der Waals surface area contributed by atoms with E-state index in [-0.39, 0.29) is 0 Å². The predicted octanol–water partition coefficient (Wildman–Crippen LogP) is 3.81. The van der Waals surface area contributed by atoms with Crippen LogP contribution in [-0.4, -0.2) is 57.6 Å². The van der Waals surface area contributed by atoms with Crippen LogP contribution in [0.5, 0.6) is 0 Å². The maximum absolute atomic E-state index is 5.51. The Bertz CT molecular complexity index is 917. The van der Waals surface area contributed by atoms with Crippen molar-refractivity contribution in [2.75, 3.05) is 31.6 Å². The number of hydrogen-bond donors (Lipinski definition) is 1. The van der Waals surface area contributed by atoms with E-state index in [0.717, 1.165) is 66.4 Å². The highest BCUT2D eigenvalue weighted by Gasteiger charge is 2.27. The van der Waals surface area contributed by atoms with Crippen molar-refractivity contribution < 1.29 is 4.74 Å². The van der Waals surface area contributed by atoms with Crippen molar-refractivity contribution >= 4 is 27.6 Å². The quantitative estimate of drug-likeness (QED) is 0.725. The Morgan fingerprint density at radius 1 is 1.00 bits per heavy atom. The average molecular weight is 396 g/mol. The molecule has 1 aromatic carbocycles. The van der Waals surface area contributed by atoms with Crippen molar-refractivity contribution in [1.29, 1.82) is 0 Å². The molecule has 2 aliphatic heterocycles. The van der Waals surface area contributed by atoms with Gasteiger partial charge in [0.25, 0.3) is 0 Å². The van der Waals surface area contributed by atoms with Gasteiger partial charge in [0.2, 0.25) is 0 Å². The maximum Gasteiger partial charge on any atom is 0.149 e. The van der Waals surface area contributed by atoms with Crippen LogP contribution in [0, 0.1) is 0 Å². The lowest BCUT2D eigenvalue weighted by atomic mass is 9.99. The van der Waals surface area contributed by atoms with E-state index >= 15 is 0 Å². The number of hydrogen-bond acceptors (Lipinski definition) is 7. The van der Waals surface area contributed by atoms with Gasteiger partial charge >= 0.3 is 0 Å². The van der Waals surface area contributed by atoms with Crippen molar-refractivity contribution in [2.45, 2.75) is 37.8 Å². The highest BCUT2D eigenvalue weighted by atomic mass is 32.1. The lowest BCUT2D eigenvalue weighted by Crippen LogP contribution is -2.46. The van der Waals surface area contributed by atoms with Gasteiger partial charge in [-0.1, -0.05) is 30.3 Å². The summed E-state index contributed by atoms with van der Waals surface area (Å²) in [5.74, 6) is 0.925. The summed E-state index contributed by atoms with van der Waals surface area (Å²) >= 11 is 1.49. The van der Waals surface area contributed by atoms with Gasteiger partial charge in [0.1, 0.15) is 28.1 Å². The largest absolute Gasteiger partial charge is 0.381 e. The first-order chi connectivity index (χ1) is 13.9. The summed E-state index contributed by atoms with van der Waals surface area (Å²) in [7, 11) is 0. The molecule has 0 amide bonds. The van der Waals surface area contributed by atoms with E-state index in [1.54, 1.807) is 6.33 Å². The fourth-order valence-corrected chi connectivity index (χ4v) is 5.11. The summed E-state index contributed by atoms with van der Waals surface area (Å²) < 4.78 is 11.2. The molecule has 5 rings (SSSR count). The molecule has 2 fully saturated rings. The molecular formula is C21H25N5OS. The van der Waals surface area contributed by atoms with Crippen LogP contribution in [0.25, 0.3) is 21.5 Å². The van der Waals surface area contributed by atoms with E-state index in [9.17, 15) is 0 Å². The summed E-state index contributed by atoms with van der Waals surface area (Å²) in [5.41, 5.74) is 2.98. The van der Waals surface area contributed by atoms with Gasteiger partial charge < -0.3 is 15.0 Å². The van der Waals surface area contributed by atoms with Crippen LogP contribution in [0.15, 0.2) is 36.7 Å². The fourth-order valence-electron chi connectivity index (χ4n) is 4.30. The standard InChI is InChI=1S/C21H25N5OS/c1-2-4-15(5-3-1)18-19-20(28-25-18)21(23-14-22-19)24-16-6-10-26(11-7-16)17-8-12-27-13-9-17/h1-5,14,16-17H,6-13H2,(H,22,23,24). The molecule has 0 radical (unpaired) electrons. The minimum Gasteiger partial charge on any atom is -0.381 e. The molecule has 0 unspecified atom stereocenters. The van der Waals surface area contributed by atoms with Crippen LogP contribution >= 0.6 is 11.5 Å². The summed E-state index contributed by atoms with van der Waals surface area (Å²) in [6.07, 6.45) is 6.30. The van der Waals surface area contributed by atoms with Gasteiger partial charge in [0, 0.05) is 44.0 Å². The summed E-state index contributed by atoms with van der Waals surface area (Å²) in [4.78, 5) is 11.7. The lowest BCUT2D eigenvalue weighted by molar-refractivity contribution is 0.0262. The minimum absolute atomic E-state index is 0.455. The zero-order chi connectivity index (χ0) is 18.8. The molecule has 6 nitrogen and oxygen atoms in total. The fraction of sp³-hybridized carbons (Fsp3) is 0.476. The smallest absolute Gasteiger partial charge is 0.149 e. The Kier molecular flexibility index (Phi) is 5.20. The molecule has 4 heterocycles. The normalized spacial score (nSPS) is 19.9. The van der Waals surface area contributed by atoms with Gasteiger partial charge in [-0.25, -0.2) is 9.97 Å². The Morgan fingerprint density at radius 3 is 2.57 bits per heavy atom. The zero-order valence-corrected chi connectivity index (χ0v) is 16.7. The van der Waals surface area contributed by atoms with Crippen molar-refractivity contribution in [3.8, 4) is 11.3 Å². The number of likely N-dealkylation sites (tertiary alicyclic amines) is 1. The third-order valence-electron chi connectivity index (χ3n) is 5.88. The molecule has 0 atom stereocenters. The Hall–Kier alpha value is -2.09. The first kappa shape index (κ1) is 18.0. The average Bonchev–Trinajstić information content (AvgIpc) is 3.21. The van der Waals surface area contributed by atoms with Crippen LogP contribution < -0.4 is 5.32 Å². The molecule has 2 aliphatic rings. The molecule has 146 valence electrons. The van der Waals surface area contributed by atoms with E-state index in [4.69, 9.17) is 4.74 Å². The number of nitrogens with zero attached hydrogens (tertiary/aromatic N) is 4. The third kappa shape index (κ3) is 3.62. The van der Waals surface area contributed by atoms with Crippen molar-refractivity contribution in [1.82, 2.24) is 19.2 Å². The van der Waals surface area contributed by atoms with Crippen molar-refractivity contribution in [3.05, 3.63) is 36.7 Å². The van der Waals surface area contributed by atoms with Crippen LogP contribution in [0.4, 0.5) is 5.82 Å². The second-order valence-corrected chi connectivity index (χ2v) is 8.37. The van der Waals surface area contributed by atoms with Crippen LogP contribution in [0.2, 0.25) is 0 Å². The van der Waals surface area contributed by atoms with E-state index in [0.29, 0.717) is 12.1 Å². The molecular weight excluding hydrogens is 370 g/mol. The first-order valence-corrected chi connectivity index (χ1v) is 10.9. The number of benzene rings is 1. The highest BCUT2D eigenvalue weighted by Crippen LogP contribution is 2.33. The Morgan fingerprint density at radius 2 is 1.79 bits per heavy atom. The van der Waals surface area contributed by atoms with Crippen LogP contribution in [0.1, 0.15) is 25.7 Å². The van der Waals surface area contributed by atoms with Crippen LogP contribution in [-0.2, 0) is 4.74 Å². The predicted molar refractivity (Wildman–Crippen MR) is 113 cm³/mol. The summed E-state index contributed by atoms with van der Waals surface area (Å²) in [6, 6.07) is 11.4. The number of fused-ring (bicyclic) bond motifs is 1. The Balaban J connectivity index is 1.29. The SMILES string of the molecule is c1ccc(-c2nsc3c(NC4CCN(C5CCOCC5)CC4)ncnc23)cc1. The topological polar surface area (TPSA) is 63.2 Å². The van der Waals surface area contributed by atoms with Crippen LogP contribution in [0.3, 0.4) is 0 Å². The van der Waals surface area contributed by atoms with E-state index in [1.807, 2.05) is 18.2 Å². The number of nitrogens with one attached hydrogen (secondary N) is 1. The molecule has 28 heavy (non-hydrogen) atoms. The van der Waals surface area contributed by atoms with E-state index in [1.165, 1.54) is 24.4 Å². The molecule has 0 saturated carbocycles. The van der Waals surface area contributed by atoms with E-state index in [2.05, 4.69) is 36.7 Å². The monoisotopic (exact) mass is 395 g/mol. The van der Waals surface area contributed by atoms with Gasteiger partial charge in [-0.15, -0.1) is 0 Å². The number of anilines is 1. The van der Waals surface area contributed by atoms with E-state index < -0.39 is 0 Å². The third-order valence-corrected chi connectivity index (χ3v) is 6.72. The Labute approximate surface area is 169 Å². The van der Waals surface area contributed by atoms with Gasteiger partial charge in [0.15, 0.2) is 0 Å². The molecule has 0 aliphatic carbocycles. The summed E-state index contributed by atoms with van der Waals surface area (Å²) in [6.45, 7) is 4.12. The molecule has 0 bridgehead atoms. The van der Waals surface area contributed by atoms with Crippen molar-refractivity contribution in [3.63, 3.8) is 0 Å². The molecule has 0 spiro atoms. The number of piperidine rings is 1. The molecule has 3 aromatic rings. The first-order valence-electron chi connectivity index (χ1n) is 10.1. The lowest BCUT2D eigenvalue weighted by Gasteiger charge is -2.39.